The Morgan fingerprint density at radius 2 is 2.30 bits per heavy atom. The fraction of sp³-hybridized carbons (Fsp3) is 0.188. The summed E-state index contributed by atoms with van der Waals surface area (Å²) in [6.45, 7) is 1.17. The van der Waals surface area contributed by atoms with Crippen LogP contribution in [0.25, 0.3) is 11.2 Å². The van der Waals surface area contributed by atoms with E-state index in [2.05, 4.69) is 10.1 Å². The largest absolute Gasteiger partial charge is 0.465 e. The van der Waals surface area contributed by atoms with E-state index in [1.54, 1.807) is 23.4 Å². The van der Waals surface area contributed by atoms with Gasteiger partial charge in [0, 0.05) is 25.4 Å². The van der Waals surface area contributed by atoms with Gasteiger partial charge in [0.1, 0.15) is 5.76 Å². The van der Waals surface area contributed by atoms with Crippen LogP contribution in [0.1, 0.15) is 22.7 Å². The van der Waals surface area contributed by atoms with Gasteiger partial charge >= 0.3 is 0 Å². The molecule has 0 spiro atoms. The summed E-state index contributed by atoms with van der Waals surface area (Å²) < 4.78 is 6.91. The van der Waals surface area contributed by atoms with E-state index in [1.165, 1.54) is 10.7 Å². The molecule has 0 unspecified atom stereocenters. The van der Waals surface area contributed by atoms with Crippen molar-refractivity contribution in [1.29, 1.82) is 0 Å². The van der Waals surface area contributed by atoms with Crippen LogP contribution >= 0.6 is 11.6 Å². The first-order valence-corrected chi connectivity index (χ1v) is 7.61. The second-order valence-electron chi connectivity index (χ2n) is 5.31. The SMILES string of the molecule is O=C(c1cc2ncc(Cl)cn2n1)N1CC=C(c2ccco2)CC1. The maximum Gasteiger partial charge on any atom is 0.274 e. The third-order valence-electron chi connectivity index (χ3n) is 3.83. The zero-order chi connectivity index (χ0) is 15.8. The first-order valence-electron chi connectivity index (χ1n) is 7.24. The van der Waals surface area contributed by atoms with Gasteiger partial charge < -0.3 is 9.32 Å². The molecule has 1 amide bonds. The van der Waals surface area contributed by atoms with Gasteiger partial charge in [0.2, 0.25) is 0 Å². The first kappa shape index (κ1) is 14.0. The van der Waals surface area contributed by atoms with Crippen LogP contribution in [0, 0.1) is 0 Å². The number of fused-ring (bicyclic) bond motifs is 1. The summed E-state index contributed by atoms with van der Waals surface area (Å²) in [7, 11) is 0. The van der Waals surface area contributed by atoms with Crippen molar-refractivity contribution in [3.05, 3.63) is 59.4 Å². The standard InChI is InChI=1S/C16H13ClN4O2/c17-12-9-18-15-8-13(19-21(15)10-12)16(22)20-5-3-11(4-6-20)14-2-1-7-23-14/h1-3,7-10H,4-6H2. The maximum absolute atomic E-state index is 12.6. The molecule has 0 saturated heterocycles. The number of carbonyl (C=O) groups is 1. The van der Waals surface area contributed by atoms with Gasteiger partial charge in [0.25, 0.3) is 5.91 Å². The molecule has 1 aliphatic rings. The smallest absolute Gasteiger partial charge is 0.274 e. The zero-order valence-corrected chi connectivity index (χ0v) is 12.9. The van der Waals surface area contributed by atoms with Gasteiger partial charge in [0.15, 0.2) is 11.3 Å². The summed E-state index contributed by atoms with van der Waals surface area (Å²) >= 11 is 5.89. The van der Waals surface area contributed by atoms with Crippen LogP contribution in [0.5, 0.6) is 0 Å². The molecule has 0 radical (unpaired) electrons. The highest BCUT2D eigenvalue weighted by Crippen LogP contribution is 2.23. The lowest BCUT2D eigenvalue weighted by Gasteiger charge is -2.25. The van der Waals surface area contributed by atoms with Crippen LogP contribution in [0.3, 0.4) is 0 Å². The van der Waals surface area contributed by atoms with E-state index >= 15 is 0 Å². The van der Waals surface area contributed by atoms with Gasteiger partial charge in [-0.1, -0.05) is 17.7 Å². The molecule has 0 N–H and O–H groups in total. The number of amides is 1. The average molecular weight is 329 g/mol. The molecule has 0 fully saturated rings. The van der Waals surface area contributed by atoms with Crippen molar-refractivity contribution >= 4 is 28.7 Å². The number of hydrogen-bond acceptors (Lipinski definition) is 4. The molecule has 116 valence electrons. The number of hydrogen-bond donors (Lipinski definition) is 0. The van der Waals surface area contributed by atoms with Crippen molar-refractivity contribution in [2.24, 2.45) is 0 Å². The molecule has 0 saturated carbocycles. The monoisotopic (exact) mass is 328 g/mol. The van der Waals surface area contributed by atoms with Crippen LogP contribution in [0.15, 0.2) is 47.3 Å². The van der Waals surface area contributed by atoms with E-state index in [0.29, 0.717) is 29.5 Å². The van der Waals surface area contributed by atoms with E-state index in [9.17, 15) is 4.79 Å². The Morgan fingerprint density at radius 1 is 1.39 bits per heavy atom. The molecule has 4 rings (SSSR count). The quantitative estimate of drug-likeness (QED) is 0.725. The van der Waals surface area contributed by atoms with Crippen molar-refractivity contribution in [2.45, 2.75) is 6.42 Å². The summed E-state index contributed by atoms with van der Waals surface area (Å²) in [6.07, 6.45) is 7.60. The molecular formula is C16H13ClN4O2. The van der Waals surface area contributed by atoms with Gasteiger partial charge in [-0.05, 0) is 24.1 Å². The normalized spacial score (nSPS) is 15.0. The lowest BCUT2D eigenvalue weighted by molar-refractivity contribution is 0.0766. The Kier molecular flexibility index (Phi) is 3.38. The number of halogens is 1. The highest BCUT2D eigenvalue weighted by Gasteiger charge is 2.22. The third kappa shape index (κ3) is 2.61. The van der Waals surface area contributed by atoms with Gasteiger partial charge in [0.05, 0.1) is 17.5 Å². The van der Waals surface area contributed by atoms with Crippen molar-refractivity contribution in [2.75, 3.05) is 13.1 Å². The second kappa shape index (κ2) is 5.55. The molecule has 0 aliphatic carbocycles. The minimum absolute atomic E-state index is 0.110. The molecule has 0 bridgehead atoms. The van der Waals surface area contributed by atoms with Crippen LogP contribution in [-0.4, -0.2) is 38.5 Å². The molecular weight excluding hydrogens is 316 g/mol. The summed E-state index contributed by atoms with van der Waals surface area (Å²) in [4.78, 5) is 18.5. The molecule has 1 aliphatic heterocycles. The first-order chi connectivity index (χ1) is 11.2. The molecule has 0 atom stereocenters. The fourth-order valence-corrected chi connectivity index (χ4v) is 2.80. The lowest BCUT2D eigenvalue weighted by atomic mass is 10.1. The Balaban J connectivity index is 1.55. The highest BCUT2D eigenvalue weighted by atomic mass is 35.5. The minimum Gasteiger partial charge on any atom is -0.465 e. The van der Waals surface area contributed by atoms with Gasteiger partial charge in [-0.2, -0.15) is 5.10 Å². The number of aromatic nitrogens is 3. The van der Waals surface area contributed by atoms with Gasteiger partial charge in [-0.15, -0.1) is 0 Å². The Morgan fingerprint density at radius 3 is 3.04 bits per heavy atom. The molecule has 23 heavy (non-hydrogen) atoms. The summed E-state index contributed by atoms with van der Waals surface area (Å²) in [5.41, 5.74) is 2.10. The minimum atomic E-state index is -0.110. The zero-order valence-electron chi connectivity index (χ0n) is 12.1. The van der Waals surface area contributed by atoms with Crippen molar-refractivity contribution in [1.82, 2.24) is 19.5 Å². The third-order valence-corrected chi connectivity index (χ3v) is 4.03. The Bertz CT molecular complexity index is 898. The van der Waals surface area contributed by atoms with Gasteiger partial charge in [-0.3, -0.25) is 4.79 Å². The molecule has 4 heterocycles. The topological polar surface area (TPSA) is 63.6 Å². The predicted octanol–water partition coefficient (Wildman–Crippen LogP) is 2.91. The number of carbonyl (C=O) groups excluding carboxylic acids is 1. The average Bonchev–Trinajstić information content (AvgIpc) is 3.23. The van der Waals surface area contributed by atoms with Gasteiger partial charge in [-0.25, -0.2) is 9.50 Å². The van der Waals surface area contributed by atoms with E-state index in [0.717, 1.165) is 17.8 Å². The van der Waals surface area contributed by atoms with E-state index in [-0.39, 0.29) is 5.91 Å². The molecule has 3 aromatic heterocycles. The Hall–Kier alpha value is -2.60. The fourth-order valence-electron chi connectivity index (χ4n) is 2.66. The van der Waals surface area contributed by atoms with Crippen LogP contribution < -0.4 is 0 Å². The number of nitrogens with zero attached hydrogens (tertiary/aromatic N) is 4. The van der Waals surface area contributed by atoms with Crippen LogP contribution in [-0.2, 0) is 0 Å². The second-order valence-corrected chi connectivity index (χ2v) is 5.75. The van der Waals surface area contributed by atoms with Crippen LogP contribution in [0.2, 0.25) is 5.02 Å². The van der Waals surface area contributed by atoms with Crippen molar-refractivity contribution in [3.63, 3.8) is 0 Å². The maximum atomic E-state index is 12.6. The molecule has 3 aromatic rings. The summed E-state index contributed by atoms with van der Waals surface area (Å²) in [5.74, 6) is 0.755. The Labute approximate surface area is 137 Å². The van der Waals surface area contributed by atoms with E-state index in [4.69, 9.17) is 16.0 Å². The van der Waals surface area contributed by atoms with E-state index in [1.807, 2.05) is 18.2 Å². The summed E-state index contributed by atoms with van der Waals surface area (Å²) in [5, 5.41) is 4.73. The lowest BCUT2D eigenvalue weighted by Crippen LogP contribution is -2.34. The number of rotatable bonds is 2. The molecule has 7 heteroatoms. The van der Waals surface area contributed by atoms with Crippen molar-refractivity contribution < 1.29 is 9.21 Å². The van der Waals surface area contributed by atoms with Crippen LogP contribution in [0.4, 0.5) is 0 Å². The predicted molar refractivity (Wildman–Crippen MR) is 85.2 cm³/mol. The molecule has 0 aromatic carbocycles. The van der Waals surface area contributed by atoms with E-state index < -0.39 is 0 Å². The molecule has 6 nitrogen and oxygen atoms in total. The highest BCUT2D eigenvalue weighted by molar-refractivity contribution is 6.30. The van der Waals surface area contributed by atoms with Crippen molar-refractivity contribution in [3.8, 4) is 0 Å². The summed E-state index contributed by atoms with van der Waals surface area (Å²) in [6, 6.07) is 5.47. The number of furan rings is 1.